The van der Waals surface area contributed by atoms with Crippen molar-refractivity contribution in [2.45, 2.75) is 0 Å². The molecule has 0 radical (unpaired) electrons. The minimum Gasteiger partial charge on any atom is -0.261 e. The Bertz CT molecular complexity index is 227. The first kappa shape index (κ1) is 5.81. The van der Waals surface area contributed by atoms with E-state index >= 15 is 0 Å². The van der Waals surface area contributed by atoms with Gasteiger partial charge >= 0.3 is 11.8 Å². The van der Waals surface area contributed by atoms with Crippen molar-refractivity contribution in [2.24, 2.45) is 5.11 Å². The van der Waals surface area contributed by atoms with Gasteiger partial charge < -0.3 is 0 Å². The molecule has 0 atom stereocenters. The Balaban J connectivity index is 2.95. The summed E-state index contributed by atoms with van der Waals surface area (Å²) in [6, 6.07) is 0. The molecule has 2 amide bonds. The zero-order chi connectivity index (χ0) is 6.85. The molecular formula is C5H5N2O2+. The lowest BCUT2D eigenvalue weighted by molar-refractivity contribution is -0.477. The third-order valence-corrected chi connectivity index (χ3v) is 0.936. The van der Waals surface area contributed by atoms with Gasteiger partial charge in [-0.1, -0.05) is 0 Å². The van der Waals surface area contributed by atoms with Crippen LogP contribution in [-0.4, -0.2) is 23.6 Å². The maximum absolute atomic E-state index is 10.5. The van der Waals surface area contributed by atoms with E-state index in [0.717, 1.165) is 10.8 Å². The van der Waals surface area contributed by atoms with Crippen molar-refractivity contribution in [2.75, 3.05) is 7.05 Å². The standard InChI is InChI=1S/C5H5N2O2/c1-7-5(9)3-2-4(8)6-7/h2-3H,1H3/q+1. The average molecular weight is 125 g/mol. The van der Waals surface area contributed by atoms with E-state index in [-0.39, 0.29) is 5.91 Å². The monoisotopic (exact) mass is 125 g/mol. The molecule has 9 heavy (non-hydrogen) atoms. The average Bonchev–Trinajstić information content (AvgIpc) is 1.80. The number of amides is 2. The summed E-state index contributed by atoms with van der Waals surface area (Å²) >= 11 is 0. The molecule has 4 nitrogen and oxygen atoms in total. The Morgan fingerprint density at radius 1 is 1.44 bits per heavy atom. The molecule has 4 heteroatoms. The van der Waals surface area contributed by atoms with Crippen molar-refractivity contribution in [1.82, 2.24) is 0 Å². The Hall–Kier alpha value is -1.32. The number of likely N-dealkylation sites (N-methyl/N-ethyl adjacent to an activating group) is 1. The summed E-state index contributed by atoms with van der Waals surface area (Å²) in [7, 11) is 1.43. The van der Waals surface area contributed by atoms with Crippen molar-refractivity contribution in [3.8, 4) is 0 Å². The summed E-state index contributed by atoms with van der Waals surface area (Å²) in [5, 5.41) is 3.32. The van der Waals surface area contributed by atoms with E-state index in [2.05, 4.69) is 5.11 Å². The molecule has 46 valence electrons. The summed E-state index contributed by atoms with van der Waals surface area (Å²) in [6.45, 7) is 0. The minimum absolute atomic E-state index is 0.269. The highest BCUT2D eigenvalue weighted by atomic mass is 16.2. The Kier molecular flexibility index (Phi) is 1.22. The third-order valence-electron chi connectivity index (χ3n) is 0.936. The molecule has 1 rings (SSSR count). The van der Waals surface area contributed by atoms with Gasteiger partial charge in [0, 0.05) is 11.2 Å². The molecular weight excluding hydrogens is 120 g/mol. The third kappa shape index (κ3) is 1.07. The normalized spacial score (nSPS) is 18.1. The van der Waals surface area contributed by atoms with E-state index in [1.165, 1.54) is 13.1 Å². The van der Waals surface area contributed by atoms with Crippen molar-refractivity contribution in [3.63, 3.8) is 0 Å². The number of azo groups is 2. The highest BCUT2D eigenvalue weighted by molar-refractivity contribution is 5.96. The van der Waals surface area contributed by atoms with Gasteiger partial charge in [-0.05, 0) is 4.70 Å². The van der Waals surface area contributed by atoms with Crippen LogP contribution in [0.4, 0.5) is 0 Å². The van der Waals surface area contributed by atoms with E-state index in [9.17, 15) is 9.59 Å². The fourth-order valence-corrected chi connectivity index (χ4v) is 0.481. The van der Waals surface area contributed by atoms with Gasteiger partial charge in [0.2, 0.25) is 0 Å². The van der Waals surface area contributed by atoms with Crippen molar-refractivity contribution in [1.29, 1.82) is 0 Å². The van der Waals surface area contributed by atoms with Crippen LogP contribution in [0.5, 0.6) is 0 Å². The van der Waals surface area contributed by atoms with Gasteiger partial charge in [0.25, 0.3) is 0 Å². The predicted octanol–water partition coefficient (Wildman–Crippen LogP) is -0.296. The first-order valence-electron chi connectivity index (χ1n) is 2.41. The van der Waals surface area contributed by atoms with Crippen LogP contribution in [0.2, 0.25) is 0 Å². The molecule has 0 spiro atoms. The molecule has 0 aliphatic carbocycles. The number of carbonyl (C=O) groups excluding carboxylic acids is 2. The van der Waals surface area contributed by atoms with Crippen LogP contribution in [0.25, 0.3) is 0 Å². The molecule has 1 aliphatic rings. The topological polar surface area (TPSA) is 49.5 Å². The fraction of sp³-hybridized carbons (Fsp3) is 0.200. The Morgan fingerprint density at radius 3 is 2.56 bits per heavy atom. The molecule has 1 heterocycles. The molecule has 0 saturated heterocycles. The molecule has 0 aromatic heterocycles. The largest absolute Gasteiger partial charge is 0.436 e. The lowest BCUT2D eigenvalue weighted by Gasteiger charge is -1.88. The minimum atomic E-state index is -0.392. The Labute approximate surface area is 51.5 Å². The molecule has 0 bridgehead atoms. The summed E-state index contributed by atoms with van der Waals surface area (Å²) < 4.78 is 1.00. The first-order valence-corrected chi connectivity index (χ1v) is 2.41. The van der Waals surface area contributed by atoms with Crippen LogP contribution in [-0.2, 0) is 9.59 Å². The molecule has 0 saturated carbocycles. The van der Waals surface area contributed by atoms with Crippen LogP contribution in [0.3, 0.4) is 0 Å². The number of hydrogen-bond donors (Lipinski definition) is 0. The summed E-state index contributed by atoms with van der Waals surface area (Å²) in [5.41, 5.74) is 0. The van der Waals surface area contributed by atoms with Gasteiger partial charge in [-0.3, -0.25) is 4.79 Å². The molecule has 0 unspecified atom stereocenters. The van der Waals surface area contributed by atoms with Crippen molar-refractivity contribution in [3.05, 3.63) is 12.2 Å². The van der Waals surface area contributed by atoms with Gasteiger partial charge in [0.1, 0.15) is 0 Å². The van der Waals surface area contributed by atoms with E-state index in [1.807, 2.05) is 0 Å². The number of hydrogen-bond acceptors (Lipinski definition) is 2. The molecule has 0 N–H and O–H groups in total. The number of carbonyl (C=O) groups is 2. The predicted molar refractivity (Wildman–Crippen MR) is 27.8 cm³/mol. The van der Waals surface area contributed by atoms with Crippen LogP contribution in [0, 0.1) is 0 Å². The van der Waals surface area contributed by atoms with Crippen LogP contribution >= 0.6 is 0 Å². The quantitative estimate of drug-likeness (QED) is 0.417. The zero-order valence-electron chi connectivity index (χ0n) is 4.87. The second-order valence-electron chi connectivity index (χ2n) is 1.63. The molecule has 0 aromatic rings. The lowest BCUT2D eigenvalue weighted by atomic mass is 10.4. The fourth-order valence-electron chi connectivity index (χ4n) is 0.481. The van der Waals surface area contributed by atoms with Crippen molar-refractivity contribution >= 4 is 11.8 Å². The molecule has 0 aromatic carbocycles. The van der Waals surface area contributed by atoms with Gasteiger partial charge in [0.15, 0.2) is 7.05 Å². The van der Waals surface area contributed by atoms with Crippen LogP contribution < -0.4 is 0 Å². The maximum Gasteiger partial charge on any atom is 0.436 e. The van der Waals surface area contributed by atoms with Crippen molar-refractivity contribution < 1.29 is 14.3 Å². The van der Waals surface area contributed by atoms with Gasteiger partial charge in [-0.2, -0.15) is 0 Å². The molecule has 0 fully saturated rings. The highest BCUT2D eigenvalue weighted by Crippen LogP contribution is 1.90. The number of rotatable bonds is 0. The van der Waals surface area contributed by atoms with E-state index in [4.69, 9.17) is 0 Å². The van der Waals surface area contributed by atoms with Crippen LogP contribution in [0.15, 0.2) is 17.3 Å². The zero-order valence-corrected chi connectivity index (χ0v) is 4.87. The Morgan fingerprint density at radius 2 is 2.11 bits per heavy atom. The van der Waals surface area contributed by atoms with Crippen LogP contribution in [0.1, 0.15) is 0 Å². The number of nitrogens with zero attached hydrogens (tertiary/aromatic N) is 2. The molecule has 1 aliphatic heterocycles. The smallest absolute Gasteiger partial charge is 0.261 e. The van der Waals surface area contributed by atoms with Gasteiger partial charge in [0.05, 0.1) is 6.08 Å². The summed E-state index contributed by atoms with van der Waals surface area (Å²) in [5.74, 6) is -0.660. The summed E-state index contributed by atoms with van der Waals surface area (Å²) in [4.78, 5) is 20.9. The lowest BCUT2D eigenvalue weighted by Crippen LogP contribution is -2.17. The van der Waals surface area contributed by atoms with Gasteiger partial charge in [-0.15, -0.1) is 0 Å². The summed E-state index contributed by atoms with van der Waals surface area (Å²) in [6.07, 6.45) is 2.33. The SMILES string of the molecule is C[N+]1=NC(=O)C=CC1=O. The highest BCUT2D eigenvalue weighted by Gasteiger charge is 2.17. The second-order valence-corrected chi connectivity index (χ2v) is 1.63. The second kappa shape index (κ2) is 1.89. The van der Waals surface area contributed by atoms with E-state index in [0.29, 0.717) is 0 Å². The van der Waals surface area contributed by atoms with E-state index < -0.39 is 5.91 Å². The maximum atomic E-state index is 10.5. The van der Waals surface area contributed by atoms with Gasteiger partial charge in [-0.25, -0.2) is 4.79 Å². The van der Waals surface area contributed by atoms with E-state index in [1.54, 1.807) is 0 Å². The first-order chi connectivity index (χ1) is 4.20.